The lowest BCUT2D eigenvalue weighted by Crippen LogP contribution is -2.36. The van der Waals surface area contributed by atoms with Crippen LogP contribution in [0.1, 0.15) is 31.9 Å². The van der Waals surface area contributed by atoms with E-state index in [9.17, 15) is 20.0 Å². The molecule has 0 aliphatic heterocycles. The van der Waals surface area contributed by atoms with Crippen LogP contribution in [0.5, 0.6) is 0 Å². The molecular formula is C17H19ClN2O5. The van der Waals surface area contributed by atoms with Gasteiger partial charge < -0.3 is 9.52 Å². The molecule has 2 N–H and O–H groups in total. The van der Waals surface area contributed by atoms with Crippen molar-refractivity contribution in [2.75, 3.05) is 0 Å². The Kier molecular flexibility index (Phi) is 6.55. The number of nitro groups is 1. The molecule has 2 rings (SSSR count). The minimum Gasteiger partial charge on any atom is -0.480 e. The Morgan fingerprint density at radius 1 is 1.40 bits per heavy atom. The van der Waals surface area contributed by atoms with Gasteiger partial charge >= 0.3 is 5.97 Å². The second-order valence-corrected chi connectivity index (χ2v) is 6.01. The largest absolute Gasteiger partial charge is 0.480 e. The van der Waals surface area contributed by atoms with Gasteiger partial charge in [0.1, 0.15) is 17.6 Å². The van der Waals surface area contributed by atoms with Crippen LogP contribution in [0.3, 0.4) is 0 Å². The van der Waals surface area contributed by atoms with Crippen LogP contribution >= 0.6 is 11.6 Å². The Bertz CT molecular complexity index is 759. The number of halogens is 1. The first-order chi connectivity index (χ1) is 11.9. The standard InChI is InChI=1S/C17H19ClN2O5/c1-2-3-4-15(17(21)22)19-10-12-6-8-16(25-12)13-7-5-11(20(23)24)9-14(13)18/h5-9,15,19H,2-4,10H2,1H3,(H,21,22)/t15-/m0/s1. The van der Waals surface area contributed by atoms with Crippen LogP contribution in [0.25, 0.3) is 11.3 Å². The highest BCUT2D eigenvalue weighted by atomic mass is 35.5. The topological polar surface area (TPSA) is 106 Å². The van der Waals surface area contributed by atoms with E-state index >= 15 is 0 Å². The SMILES string of the molecule is CCCC[C@H](NCc1ccc(-c2ccc([N+](=O)[O-])cc2Cl)o1)C(=O)O. The molecule has 0 bridgehead atoms. The Balaban J connectivity index is 2.07. The van der Waals surface area contributed by atoms with Gasteiger partial charge in [0.2, 0.25) is 0 Å². The van der Waals surface area contributed by atoms with Crippen molar-refractivity contribution in [1.29, 1.82) is 0 Å². The normalized spacial score (nSPS) is 12.1. The van der Waals surface area contributed by atoms with E-state index in [1.807, 2.05) is 6.92 Å². The van der Waals surface area contributed by atoms with E-state index in [0.717, 1.165) is 12.8 Å². The second kappa shape index (κ2) is 8.64. The van der Waals surface area contributed by atoms with Gasteiger partial charge in [-0.3, -0.25) is 20.2 Å². The smallest absolute Gasteiger partial charge is 0.320 e. The summed E-state index contributed by atoms with van der Waals surface area (Å²) in [6.45, 7) is 2.27. The molecule has 0 amide bonds. The van der Waals surface area contributed by atoms with E-state index < -0.39 is 16.9 Å². The Morgan fingerprint density at radius 2 is 2.16 bits per heavy atom. The molecule has 1 aromatic heterocycles. The number of non-ortho nitro benzene ring substituents is 1. The summed E-state index contributed by atoms with van der Waals surface area (Å²) in [4.78, 5) is 21.5. The third kappa shape index (κ3) is 5.04. The van der Waals surface area contributed by atoms with E-state index in [1.165, 1.54) is 18.2 Å². The number of hydrogen-bond acceptors (Lipinski definition) is 5. The van der Waals surface area contributed by atoms with Gasteiger partial charge in [0, 0.05) is 17.7 Å². The van der Waals surface area contributed by atoms with Crippen LogP contribution in [0.15, 0.2) is 34.7 Å². The molecule has 0 radical (unpaired) electrons. The molecular weight excluding hydrogens is 348 g/mol. The van der Waals surface area contributed by atoms with Crippen molar-refractivity contribution in [3.8, 4) is 11.3 Å². The fourth-order valence-corrected chi connectivity index (χ4v) is 2.65. The summed E-state index contributed by atoms with van der Waals surface area (Å²) in [6, 6.07) is 6.94. The first-order valence-electron chi connectivity index (χ1n) is 7.91. The van der Waals surface area contributed by atoms with Gasteiger partial charge in [-0.2, -0.15) is 0 Å². The lowest BCUT2D eigenvalue weighted by molar-refractivity contribution is -0.384. The maximum Gasteiger partial charge on any atom is 0.320 e. The summed E-state index contributed by atoms with van der Waals surface area (Å²) in [7, 11) is 0. The molecule has 0 saturated carbocycles. The minimum atomic E-state index is -0.890. The average molecular weight is 367 g/mol. The van der Waals surface area contributed by atoms with Crippen molar-refractivity contribution < 1.29 is 19.2 Å². The van der Waals surface area contributed by atoms with Crippen molar-refractivity contribution in [3.63, 3.8) is 0 Å². The number of nitro benzene ring substituents is 1. The van der Waals surface area contributed by atoms with Crippen LogP contribution in [0.4, 0.5) is 5.69 Å². The Morgan fingerprint density at radius 3 is 2.76 bits per heavy atom. The molecule has 8 heteroatoms. The van der Waals surface area contributed by atoms with Gasteiger partial charge in [0.25, 0.3) is 5.69 Å². The second-order valence-electron chi connectivity index (χ2n) is 5.60. The highest BCUT2D eigenvalue weighted by molar-refractivity contribution is 6.33. The number of rotatable bonds is 9. The molecule has 0 saturated heterocycles. The molecule has 0 aliphatic rings. The Hall–Kier alpha value is -2.38. The quantitative estimate of drug-likeness (QED) is 0.508. The van der Waals surface area contributed by atoms with Crippen molar-refractivity contribution in [3.05, 3.63) is 51.2 Å². The van der Waals surface area contributed by atoms with Crippen molar-refractivity contribution >= 4 is 23.3 Å². The first-order valence-corrected chi connectivity index (χ1v) is 8.29. The number of carbonyl (C=O) groups is 1. The van der Waals surface area contributed by atoms with E-state index in [2.05, 4.69) is 5.32 Å². The molecule has 7 nitrogen and oxygen atoms in total. The average Bonchev–Trinajstić information content (AvgIpc) is 3.03. The van der Waals surface area contributed by atoms with Crippen molar-refractivity contribution in [1.82, 2.24) is 5.32 Å². The number of benzene rings is 1. The van der Waals surface area contributed by atoms with Crippen LogP contribution in [0.2, 0.25) is 5.02 Å². The number of furan rings is 1. The third-order valence-corrected chi connectivity index (χ3v) is 4.07. The zero-order chi connectivity index (χ0) is 18.4. The van der Waals surface area contributed by atoms with Crippen LogP contribution in [0, 0.1) is 10.1 Å². The number of aliphatic carboxylic acids is 1. The van der Waals surface area contributed by atoms with Gasteiger partial charge in [-0.05, 0) is 24.6 Å². The maximum absolute atomic E-state index is 11.2. The number of nitrogens with zero attached hydrogens (tertiary/aromatic N) is 1. The number of hydrogen-bond donors (Lipinski definition) is 2. The predicted molar refractivity (Wildman–Crippen MR) is 93.6 cm³/mol. The van der Waals surface area contributed by atoms with Crippen molar-refractivity contribution in [2.24, 2.45) is 0 Å². The molecule has 1 aromatic carbocycles. The number of carboxylic acid groups (broad SMARTS) is 1. The van der Waals surface area contributed by atoms with Gasteiger partial charge in [-0.15, -0.1) is 0 Å². The fraction of sp³-hybridized carbons (Fsp3) is 0.353. The van der Waals surface area contributed by atoms with Crippen LogP contribution < -0.4 is 5.32 Å². The van der Waals surface area contributed by atoms with Crippen molar-refractivity contribution in [2.45, 2.75) is 38.8 Å². The predicted octanol–water partition coefficient (Wildman–Crippen LogP) is 4.24. The van der Waals surface area contributed by atoms with Gasteiger partial charge in [-0.1, -0.05) is 31.4 Å². The van der Waals surface area contributed by atoms with E-state index in [0.29, 0.717) is 23.5 Å². The molecule has 25 heavy (non-hydrogen) atoms. The van der Waals surface area contributed by atoms with Gasteiger partial charge in [0.15, 0.2) is 0 Å². The summed E-state index contributed by atoms with van der Waals surface area (Å²) < 4.78 is 5.68. The molecule has 1 atom stereocenters. The summed E-state index contributed by atoms with van der Waals surface area (Å²) in [5, 5.41) is 23.1. The zero-order valence-corrected chi connectivity index (χ0v) is 14.5. The van der Waals surface area contributed by atoms with E-state index in [4.69, 9.17) is 16.0 Å². The molecule has 0 unspecified atom stereocenters. The molecule has 1 heterocycles. The maximum atomic E-state index is 11.2. The Labute approximate surface area is 149 Å². The van der Waals surface area contributed by atoms with E-state index in [1.54, 1.807) is 12.1 Å². The fourth-order valence-electron chi connectivity index (χ4n) is 2.38. The minimum absolute atomic E-state index is 0.0950. The number of carboxylic acids is 1. The number of unbranched alkanes of at least 4 members (excludes halogenated alkanes) is 1. The zero-order valence-electron chi connectivity index (χ0n) is 13.7. The molecule has 0 fully saturated rings. The van der Waals surface area contributed by atoms with Gasteiger partial charge in [-0.25, -0.2) is 0 Å². The summed E-state index contributed by atoms with van der Waals surface area (Å²) in [5.41, 5.74) is 0.446. The molecule has 0 spiro atoms. The van der Waals surface area contributed by atoms with Gasteiger partial charge in [0.05, 0.1) is 16.5 Å². The van der Waals surface area contributed by atoms with Crippen LogP contribution in [-0.4, -0.2) is 22.0 Å². The first kappa shape index (κ1) is 19.0. The lowest BCUT2D eigenvalue weighted by Gasteiger charge is -2.12. The highest BCUT2D eigenvalue weighted by Gasteiger charge is 2.17. The summed E-state index contributed by atoms with van der Waals surface area (Å²) in [5.74, 6) is 0.142. The molecule has 0 aliphatic carbocycles. The molecule has 134 valence electrons. The monoisotopic (exact) mass is 366 g/mol. The summed E-state index contributed by atoms with van der Waals surface area (Å²) in [6.07, 6.45) is 2.30. The summed E-state index contributed by atoms with van der Waals surface area (Å²) >= 11 is 6.09. The number of nitrogens with one attached hydrogen (secondary N) is 1. The molecule has 2 aromatic rings. The third-order valence-electron chi connectivity index (χ3n) is 3.76. The van der Waals surface area contributed by atoms with Crippen LogP contribution in [-0.2, 0) is 11.3 Å². The highest BCUT2D eigenvalue weighted by Crippen LogP contribution is 2.32. The lowest BCUT2D eigenvalue weighted by atomic mass is 10.1. The van der Waals surface area contributed by atoms with E-state index in [-0.39, 0.29) is 17.3 Å².